The van der Waals surface area contributed by atoms with Crippen LogP contribution in [-0.2, 0) is 4.79 Å². The summed E-state index contributed by atoms with van der Waals surface area (Å²) in [7, 11) is 0. The van der Waals surface area contributed by atoms with Gasteiger partial charge in [0.05, 0.1) is 0 Å². The van der Waals surface area contributed by atoms with E-state index in [1.165, 1.54) is 38.5 Å². The van der Waals surface area contributed by atoms with E-state index in [9.17, 15) is 9.59 Å². The Labute approximate surface area is 152 Å². The number of likely N-dealkylation sites (tertiary alicyclic amines) is 1. The second-order valence-electron chi connectivity index (χ2n) is 8.48. The zero-order chi connectivity index (χ0) is 17.6. The molecule has 3 rings (SSSR count). The minimum absolute atomic E-state index is 0.0719. The molecule has 0 bridgehead atoms. The van der Waals surface area contributed by atoms with Gasteiger partial charge in [-0.25, -0.2) is 4.79 Å². The highest BCUT2D eigenvalue weighted by Crippen LogP contribution is 2.29. The van der Waals surface area contributed by atoms with E-state index in [1.54, 1.807) is 0 Å². The highest BCUT2D eigenvalue weighted by atomic mass is 16.2. The number of piperidine rings is 1. The van der Waals surface area contributed by atoms with Crippen LogP contribution in [0.25, 0.3) is 0 Å². The summed E-state index contributed by atoms with van der Waals surface area (Å²) in [6, 6.07) is 0.573. The summed E-state index contributed by atoms with van der Waals surface area (Å²) in [5.74, 6) is 1.37. The van der Waals surface area contributed by atoms with Gasteiger partial charge in [-0.3, -0.25) is 4.79 Å². The van der Waals surface area contributed by atoms with Crippen molar-refractivity contribution in [3.8, 4) is 0 Å². The number of urea groups is 1. The molecule has 0 aromatic carbocycles. The van der Waals surface area contributed by atoms with Gasteiger partial charge in [0.1, 0.15) is 0 Å². The first kappa shape index (κ1) is 18.5. The minimum Gasteiger partial charge on any atom is -0.353 e. The maximum Gasteiger partial charge on any atom is 0.317 e. The third kappa shape index (κ3) is 5.35. The van der Waals surface area contributed by atoms with Crippen molar-refractivity contribution in [1.82, 2.24) is 15.5 Å². The van der Waals surface area contributed by atoms with Gasteiger partial charge in [-0.1, -0.05) is 32.1 Å². The summed E-state index contributed by atoms with van der Waals surface area (Å²) < 4.78 is 0. The quantitative estimate of drug-likeness (QED) is 0.772. The largest absolute Gasteiger partial charge is 0.353 e. The van der Waals surface area contributed by atoms with Crippen LogP contribution in [0.15, 0.2) is 0 Å². The predicted molar refractivity (Wildman–Crippen MR) is 99.3 cm³/mol. The van der Waals surface area contributed by atoms with Crippen molar-refractivity contribution >= 4 is 11.9 Å². The molecule has 3 fully saturated rings. The fourth-order valence-electron chi connectivity index (χ4n) is 4.38. The molecular formula is C20H35N3O2. The number of rotatable bonds is 6. The Hall–Kier alpha value is -1.26. The fraction of sp³-hybridized carbons (Fsp3) is 0.900. The number of carbonyl (C=O) groups is 2. The molecular weight excluding hydrogens is 314 g/mol. The van der Waals surface area contributed by atoms with Crippen molar-refractivity contribution < 1.29 is 9.59 Å². The van der Waals surface area contributed by atoms with Crippen LogP contribution in [0.5, 0.6) is 0 Å². The summed E-state index contributed by atoms with van der Waals surface area (Å²) >= 11 is 0. The molecule has 3 aliphatic rings. The van der Waals surface area contributed by atoms with E-state index >= 15 is 0 Å². The number of carbonyl (C=O) groups excluding carboxylic acids is 2. The van der Waals surface area contributed by atoms with Crippen LogP contribution in [0, 0.1) is 11.8 Å². The monoisotopic (exact) mass is 349 g/mol. The lowest BCUT2D eigenvalue weighted by atomic mass is 9.84. The van der Waals surface area contributed by atoms with Crippen molar-refractivity contribution in [1.29, 1.82) is 0 Å². The molecule has 0 aromatic heterocycles. The van der Waals surface area contributed by atoms with Gasteiger partial charge in [0, 0.05) is 31.1 Å². The molecule has 2 saturated carbocycles. The van der Waals surface area contributed by atoms with Gasteiger partial charge in [-0.2, -0.15) is 0 Å². The maximum absolute atomic E-state index is 12.4. The highest BCUT2D eigenvalue weighted by molar-refractivity contribution is 5.79. The Morgan fingerprint density at radius 3 is 2.28 bits per heavy atom. The molecule has 1 aliphatic heterocycles. The van der Waals surface area contributed by atoms with Crippen LogP contribution in [0.1, 0.15) is 77.6 Å². The minimum atomic E-state index is 0.0719. The lowest BCUT2D eigenvalue weighted by molar-refractivity contribution is -0.128. The number of amides is 3. The van der Waals surface area contributed by atoms with E-state index < -0.39 is 0 Å². The van der Waals surface area contributed by atoms with Crippen molar-refractivity contribution in [3.05, 3.63) is 0 Å². The molecule has 5 heteroatoms. The summed E-state index contributed by atoms with van der Waals surface area (Å²) in [6.07, 6.45) is 12.9. The predicted octanol–water partition coefficient (Wildman–Crippen LogP) is 3.44. The molecule has 2 N–H and O–H groups in total. The van der Waals surface area contributed by atoms with Crippen LogP contribution >= 0.6 is 0 Å². The maximum atomic E-state index is 12.4. The van der Waals surface area contributed by atoms with Gasteiger partial charge >= 0.3 is 6.03 Å². The average Bonchev–Trinajstić information content (AvgIpc) is 3.05. The Bertz CT molecular complexity index is 450. The number of hydrogen-bond acceptors (Lipinski definition) is 2. The van der Waals surface area contributed by atoms with E-state index in [-0.39, 0.29) is 29.9 Å². The fourth-order valence-corrected chi connectivity index (χ4v) is 4.38. The molecule has 2 aliphatic carbocycles. The lowest BCUT2D eigenvalue weighted by Gasteiger charge is -2.34. The number of nitrogens with zero attached hydrogens (tertiary/aromatic N) is 1. The van der Waals surface area contributed by atoms with E-state index in [2.05, 4.69) is 17.6 Å². The van der Waals surface area contributed by atoms with Gasteiger partial charge in [0.25, 0.3) is 0 Å². The molecule has 0 aromatic rings. The normalized spacial score (nSPS) is 24.0. The summed E-state index contributed by atoms with van der Waals surface area (Å²) in [5.41, 5.74) is 0. The van der Waals surface area contributed by atoms with Crippen LogP contribution in [0.4, 0.5) is 4.79 Å². The smallest absolute Gasteiger partial charge is 0.317 e. The lowest BCUT2D eigenvalue weighted by Crippen LogP contribution is -2.51. The van der Waals surface area contributed by atoms with E-state index in [0.717, 1.165) is 51.1 Å². The molecule has 5 nitrogen and oxygen atoms in total. The molecule has 25 heavy (non-hydrogen) atoms. The Balaban J connectivity index is 1.31. The van der Waals surface area contributed by atoms with Crippen molar-refractivity contribution in [2.45, 2.75) is 89.6 Å². The van der Waals surface area contributed by atoms with Gasteiger partial charge in [-0.15, -0.1) is 0 Å². The third-order valence-corrected chi connectivity index (χ3v) is 6.46. The first-order valence-electron chi connectivity index (χ1n) is 10.5. The first-order chi connectivity index (χ1) is 12.1. The molecule has 142 valence electrons. The van der Waals surface area contributed by atoms with Gasteiger partial charge in [0.15, 0.2) is 0 Å². The Morgan fingerprint density at radius 2 is 1.68 bits per heavy atom. The number of nitrogens with one attached hydrogen (secondary N) is 2. The third-order valence-electron chi connectivity index (χ3n) is 6.46. The van der Waals surface area contributed by atoms with E-state index in [4.69, 9.17) is 0 Å². The van der Waals surface area contributed by atoms with Crippen LogP contribution in [0.3, 0.4) is 0 Å². The Morgan fingerprint density at radius 1 is 1.00 bits per heavy atom. The number of hydrogen-bond donors (Lipinski definition) is 2. The molecule has 1 saturated heterocycles. The molecule has 3 amide bonds. The summed E-state index contributed by atoms with van der Waals surface area (Å²) in [4.78, 5) is 26.4. The first-order valence-corrected chi connectivity index (χ1v) is 10.5. The molecule has 0 spiro atoms. The highest BCUT2D eigenvalue weighted by Gasteiger charge is 2.29. The summed E-state index contributed by atoms with van der Waals surface area (Å²) in [6.45, 7) is 3.62. The SMILES string of the molecule is C[C@@H](CCC1CCCC1)NC(=O)N1CCC(NC(=O)C2CCC2)CC1. The molecule has 0 radical (unpaired) electrons. The van der Waals surface area contributed by atoms with Crippen molar-refractivity contribution in [2.75, 3.05) is 13.1 Å². The topological polar surface area (TPSA) is 61.4 Å². The average molecular weight is 350 g/mol. The molecule has 1 atom stereocenters. The van der Waals surface area contributed by atoms with E-state index in [1.807, 2.05) is 4.90 Å². The van der Waals surface area contributed by atoms with Gasteiger partial charge in [-0.05, 0) is 51.4 Å². The van der Waals surface area contributed by atoms with Crippen LogP contribution in [0.2, 0.25) is 0 Å². The standard InChI is InChI=1S/C20H35N3O2/c1-15(9-10-16-5-2-3-6-16)21-20(25)23-13-11-18(12-14-23)22-19(24)17-7-4-8-17/h15-18H,2-14H2,1H3,(H,21,25)(H,22,24)/t15-/m0/s1. The zero-order valence-corrected chi connectivity index (χ0v) is 15.8. The second-order valence-corrected chi connectivity index (χ2v) is 8.48. The second kappa shape index (κ2) is 8.91. The molecule has 0 unspecified atom stereocenters. The van der Waals surface area contributed by atoms with E-state index in [0.29, 0.717) is 0 Å². The molecule has 1 heterocycles. The summed E-state index contributed by atoms with van der Waals surface area (Å²) in [5, 5.41) is 6.34. The Kier molecular flexibility index (Phi) is 6.60. The van der Waals surface area contributed by atoms with Crippen LogP contribution < -0.4 is 10.6 Å². The van der Waals surface area contributed by atoms with Crippen LogP contribution in [-0.4, -0.2) is 42.0 Å². The van der Waals surface area contributed by atoms with Gasteiger partial charge < -0.3 is 15.5 Å². The zero-order valence-electron chi connectivity index (χ0n) is 15.8. The van der Waals surface area contributed by atoms with Gasteiger partial charge in [0.2, 0.25) is 5.91 Å². The van der Waals surface area contributed by atoms with Crippen molar-refractivity contribution in [3.63, 3.8) is 0 Å². The van der Waals surface area contributed by atoms with Crippen molar-refractivity contribution in [2.24, 2.45) is 11.8 Å².